The summed E-state index contributed by atoms with van der Waals surface area (Å²) in [5.41, 5.74) is 0.176. The summed E-state index contributed by atoms with van der Waals surface area (Å²) in [7, 11) is 0. The molecule has 1 fully saturated rings. The highest BCUT2D eigenvalue weighted by molar-refractivity contribution is 5.78. The first-order valence-electron chi connectivity index (χ1n) is 8.57. The lowest BCUT2D eigenvalue weighted by atomic mass is 9.96. The lowest BCUT2D eigenvalue weighted by Gasteiger charge is -2.34. The monoisotopic (exact) mass is 297 g/mol. The van der Waals surface area contributed by atoms with E-state index >= 15 is 0 Å². The highest BCUT2D eigenvalue weighted by atomic mass is 16.2. The molecule has 2 atom stereocenters. The molecule has 1 rings (SSSR count). The first-order chi connectivity index (χ1) is 9.80. The SMILES string of the molecule is CCCC(C)NC(=O)CN1CCCC(CNC(C)(C)C)C1. The molecular weight excluding hydrogens is 262 g/mol. The number of carbonyl (C=O) groups is 1. The van der Waals surface area contributed by atoms with Crippen LogP contribution in [0.5, 0.6) is 0 Å². The zero-order valence-corrected chi connectivity index (χ0v) is 14.7. The van der Waals surface area contributed by atoms with Gasteiger partial charge in [0.25, 0.3) is 0 Å². The van der Waals surface area contributed by atoms with Gasteiger partial charge in [0.15, 0.2) is 0 Å². The van der Waals surface area contributed by atoms with E-state index in [1.807, 2.05) is 0 Å². The van der Waals surface area contributed by atoms with Gasteiger partial charge in [-0.3, -0.25) is 9.69 Å². The normalized spacial score (nSPS) is 22.0. The zero-order chi connectivity index (χ0) is 15.9. The van der Waals surface area contributed by atoms with Crippen LogP contribution in [0.3, 0.4) is 0 Å². The number of amides is 1. The van der Waals surface area contributed by atoms with Crippen LogP contribution >= 0.6 is 0 Å². The maximum absolute atomic E-state index is 12.1. The molecule has 1 aliphatic heterocycles. The van der Waals surface area contributed by atoms with Gasteiger partial charge in [-0.1, -0.05) is 13.3 Å². The van der Waals surface area contributed by atoms with Gasteiger partial charge in [-0.15, -0.1) is 0 Å². The third-order valence-corrected chi connectivity index (χ3v) is 4.02. The number of piperidine rings is 1. The van der Waals surface area contributed by atoms with Crippen molar-refractivity contribution in [2.45, 2.75) is 71.9 Å². The van der Waals surface area contributed by atoms with Gasteiger partial charge in [-0.05, 0) is 66.0 Å². The molecule has 1 amide bonds. The van der Waals surface area contributed by atoms with Crippen LogP contribution in [0.2, 0.25) is 0 Å². The van der Waals surface area contributed by atoms with Crippen molar-refractivity contribution >= 4 is 5.91 Å². The summed E-state index contributed by atoms with van der Waals surface area (Å²) in [6.45, 7) is 14.6. The fraction of sp³-hybridized carbons (Fsp3) is 0.941. The number of likely N-dealkylation sites (tertiary alicyclic amines) is 1. The van der Waals surface area contributed by atoms with Gasteiger partial charge in [-0.2, -0.15) is 0 Å². The van der Waals surface area contributed by atoms with E-state index in [9.17, 15) is 4.79 Å². The second kappa shape index (κ2) is 8.74. The summed E-state index contributed by atoms with van der Waals surface area (Å²) >= 11 is 0. The van der Waals surface area contributed by atoms with E-state index in [0.29, 0.717) is 18.5 Å². The Bertz CT molecular complexity index is 312. The topological polar surface area (TPSA) is 44.4 Å². The van der Waals surface area contributed by atoms with Gasteiger partial charge in [0, 0.05) is 18.1 Å². The molecule has 0 aromatic carbocycles. The molecule has 0 aromatic rings. The fourth-order valence-corrected chi connectivity index (χ4v) is 2.94. The lowest BCUT2D eigenvalue weighted by Crippen LogP contribution is -2.48. The van der Waals surface area contributed by atoms with E-state index in [1.165, 1.54) is 12.8 Å². The largest absolute Gasteiger partial charge is 0.353 e. The van der Waals surface area contributed by atoms with E-state index in [1.54, 1.807) is 0 Å². The molecule has 4 nitrogen and oxygen atoms in total. The molecule has 2 N–H and O–H groups in total. The van der Waals surface area contributed by atoms with Crippen LogP contribution in [0, 0.1) is 5.92 Å². The molecule has 4 heteroatoms. The minimum Gasteiger partial charge on any atom is -0.353 e. The van der Waals surface area contributed by atoms with Crippen molar-refractivity contribution in [1.29, 1.82) is 0 Å². The van der Waals surface area contributed by atoms with Crippen molar-refractivity contribution < 1.29 is 4.79 Å². The van der Waals surface area contributed by atoms with Crippen molar-refractivity contribution in [3.63, 3.8) is 0 Å². The summed E-state index contributed by atoms with van der Waals surface area (Å²) < 4.78 is 0. The fourth-order valence-electron chi connectivity index (χ4n) is 2.94. The molecule has 1 saturated heterocycles. The summed E-state index contributed by atoms with van der Waals surface area (Å²) in [6, 6.07) is 0.297. The first-order valence-corrected chi connectivity index (χ1v) is 8.57. The number of carbonyl (C=O) groups excluding carboxylic acids is 1. The Morgan fingerprint density at radius 1 is 1.38 bits per heavy atom. The summed E-state index contributed by atoms with van der Waals surface area (Å²) in [4.78, 5) is 14.4. The van der Waals surface area contributed by atoms with Gasteiger partial charge in [0.05, 0.1) is 6.54 Å². The molecule has 0 aliphatic carbocycles. The van der Waals surface area contributed by atoms with Crippen LogP contribution in [-0.2, 0) is 4.79 Å². The van der Waals surface area contributed by atoms with Crippen molar-refractivity contribution in [3.8, 4) is 0 Å². The zero-order valence-electron chi connectivity index (χ0n) is 14.7. The third kappa shape index (κ3) is 8.42. The molecule has 1 heterocycles. The molecule has 0 bridgehead atoms. The molecule has 1 aliphatic rings. The molecule has 0 radical (unpaired) electrons. The minimum absolute atomic E-state index is 0.176. The van der Waals surface area contributed by atoms with Crippen LogP contribution in [0.4, 0.5) is 0 Å². The maximum atomic E-state index is 12.1. The molecule has 0 spiro atoms. The predicted octanol–water partition coefficient (Wildman–Crippen LogP) is 2.39. The maximum Gasteiger partial charge on any atom is 0.234 e. The van der Waals surface area contributed by atoms with E-state index in [-0.39, 0.29) is 11.4 Å². The van der Waals surface area contributed by atoms with Crippen molar-refractivity contribution in [2.75, 3.05) is 26.2 Å². The highest BCUT2D eigenvalue weighted by Crippen LogP contribution is 2.16. The Morgan fingerprint density at radius 2 is 2.10 bits per heavy atom. The van der Waals surface area contributed by atoms with Gasteiger partial charge < -0.3 is 10.6 Å². The number of hydrogen-bond acceptors (Lipinski definition) is 3. The quantitative estimate of drug-likeness (QED) is 0.758. The Labute approximate surface area is 131 Å². The second-order valence-electron chi connectivity index (χ2n) is 7.63. The van der Waals surface area contributed by atoms with E-state index in [0.717, 1.165) is 32.5 Å². The lowest BCUT2D eigenvalue weighted by molar-refractivity contribution is -0.123. The molecule has 21 heavy (non-hydrogen) atoms. The Balaban J connectivity index is 2.30. The number of nitrogens with one attached hydrogen (secondary N) is 2. The average Bonchev–Trinajstić information content (AvgIpc) is 2.36. The van der Waals surface area contributed by atoms with Crippen LogP contribution in [-0.4, -0.2) is 48.6 Å². The number of rotatable bonds is 7. The molecule has 0 saturated carbocycles. The summed E-state index contributed by atoms with van der Waals surface area (Å²) in [5, 5.41) is 6.69. The van der Waals surface area contributed by atoms with E-state index < -0.39 is 0 Å². The third-order valence-electron chi connectivity index (χ3n) is 4.02. The van der Waals surface area contributed by atoms with Crippen LogP contribution in [0.15, 0.2) is 0 Å². The predicted molar refractivity (Wildman–Crippen MR) is 89.4 cm³/mol. The van der Waals surface area contributed by atoms with Crippen molar-refractivity contribution in [1.82, 2.24) is 15.5 Å². The summed E-state index contributed by atoms with van der Waals surface area (Å²) in [5.74, 6) is 0.847. The van der Waals surface area contributed by atoms with Gasteiger partial charge in [0.1, 0.15) is 0 Å². The van der Waals surface area contributed by atoms with Crippen LogP contribution in [0.1, 0.15) is 60.3 Å². The molecule has 124 valence electrons. The molecular formula is C17H35N3O. The van der Waals surface area contributed by atoms with E-state index in [2.05, 4.69) is 50.2 Å². The highest BCUT2D eigenvalue weighted by Gasteiger charge is 2.23. The standard InChI is InChI=1S/C17H35N3O/c1-6-8-14(2)19-16(21)13-20-10-7-9-15(12-20)11-18-17(3,4)5/h14-15,18H,6-13H2,1-5H3,(H,19,21). The van der Waals surface area contributed by atoms with Crippen LogP contribution in [0.25, 0.3) is 0 Å². The number of nitrogens with zero attached hydrogens (tertiary/aromatic N) is 1. The Hall–Kier alpha value is -0.610. The van der Waals surface area contributed by atoms with Gasteiger partial charge in [0.2, 0.25) is 5.91 Å². The minimum atomic E-state index is 0.176. The average molecular weight is 297 g/mol. The van der Waals surface area contributed by atoms with Crippen molar-refractivity contribution in [2.24, 2.45) is 5.92 Å². The Morgan fingerprint density at radius 3 is 2.71 bits per heavy atom. The summed E-state index contributed by atoms with van der Waals surface area (Å²) in [6.07, 6.45) is 4.65. The number of hydrogen-bond donors (Lipinski definition) is 2. The smallest absolute Gasteiger partial charge is 0.234 e. The molecule has 2 unspecified atom stereocenters. The Kier molecular flexibility index (Phi) is 7.67. The van der Waals surface area contributed by atoms with E-state index in [4.69, 9.17) is 0 Å². The van der Waals surface area contributed by atoms with Crippen molar-refractivity contribution in [3.05, 3.63) is 0 Å². The molecule has 0 aromatic heterocycles. The van der Waals surface area contributed by atoms with Crippen LogP contribution < -0.4 is 10.6 Å². The first kappa shape index (κ1) is 18.4. The van der Waals surface area contributed by atoms with Gasteiger partial charge in [-0.25, -0.2) is 0 Å². The second-order valence-corrected chi connectivity index (χ2v) is 7.63. The van der Waals surface area contributed by atoms with Gasteiger partial charge >= 0.3 is 0 Å².